The second kappa shape index (κ2) is 4.43. The zero-order valence-corrected chi connectivity index (χ0v) is 10.1. The first-order valence-corrected chi connectivity index (χ1v) is 5.36. The predicted molar refractivity (Wildman–Crippen MR) is 61.2 cm³/mol. The Hall–Kier alpha value is -1.46. The van der Waals surface area contributed by atoms with Crippen molar-refractivity contribution in [1.29, 1.82) is 0 Å². The molecule has 1 N–H and O–H groups in total. The Labute approximate surface area is 103 Å². The van der Waals surface area contributed by atoms with Crippen LogP contribution in [0.4, 0.5) is 4.39 Å². The van der Waals surface area contributed by atoms with Crippen molar-refractivity contribution in [2.24, 2.45) is 7.05 Å². The molecule has 4 nitrogen and oxygen atoms in total. The first-order chi connectivity index (χ1) is 8.02. The van der Waals surface area contributed by atoms with Gasteiger partial charge in [-0.05, 0) is 13.0 Å². The van der Waals surface area contributed by atoms with E-state index in [0.29, 0.717) is 16.4 Å². The summed E-state index contributed by atoms with van der Waals surface area (Å²) in [6.45, 7) is 1.71. The van der Waals surface area contributed by atoms with Gasteiger partial charge in [-0.2, -0.15) is 5.10 Å². The summed E-state index contributed by atoms with van der Waals surface area (Å²) in [4.78, 5) is 3.63. The van der Waals surface area contributed by atoms with Gasteiger partial charge in [-0.15, -0.1) is 0 Å². The number of aryl methyl sites for hydroxylation is 2. The van der Waals surface area contributed by atoms with Crippen LogP contribution in [0.3, 0.4) is 0 Å². The Kier molecular flexibility index (Phi) is 3.13. The number of pyridine rings is 1. The number of hydrogen-bond acceptors (Lipinski definition) is 3. The molecule has 1 atom stereocenters. The molecule has 0 aliphatic carbocycles. The van der Waals surface area contributed by atoms with Gasteiger partial charge in [0.25, 0.3) is 0 Å². The van der Waals surface area contributed by atoms with Crippen LogP contribution in [-0.4, -0.2) is 19.9 Å². The smallest absolute Gasteiger partial charge is 0.147 e. The van der Waals surface area contributed by atoms with Crippen molar-refractivity contribution < 1.29 is 9.50 Å². The summed E-state index contributed by atoms with van der Waals surface area (Å²) < 4.78 is 14.9. The van der Waals surface area contributed by atoms with E-state index < -0.39 is 11.9 Å². The highest BCUT2D eigenvalue weighted by atomic mass is 35.5. The molecule has 0 saturated carbocycles. The molecule has 90 valence electrons. The fraction of sp³-hybridized carbons (Fsp3) is 0.273. The Morgan fingerprint density at radius 1 is 1.53 bits per heavy atom. The molecule has 2 aromatic heterocycles. The zero-order valence-electron chi connectivity index (χ0n) is 9.35. The van der Waals surface area contributed by atoms with E-state index in [9.17, 15) is 9.50 Å². The molecule has 2 heterocycles. The van der Waals surface area contributed by atoms with Gasteiger partial charge in [0, 0.05) is 24.4 Å². The van der Waals surface area contributed by atoms with Gasteiger partial charge in [0.15, 0.2) is 0 Å². The summed E-state index contributed by atoms with van der Waals surface area (Å²) >= 11 is 6.01. The van der Waals surface area contributed by atoms with Crippen LogP contribution in [0.2, 0.25) is 5.15 Å². The number of aromatic nitrogens is 3. The van der Waals surface area contributed by atoms with Gasteiger partial charge in [-0.3, -0.25) is 9.67 Å². The first-order valence-electron chi connectivity index (χ1n) is 4.99. The topological polar surface area (TPSA) is 50.9 Å². The normalized spacial score (nSPS) is 12.8. The van der Waals surface area contributed by atoms with E-state index in [-0.39, 0.29) is 5.56 Å². The number of nitrogens with zero attached hydrogens (tertiary/aromatic N) is 3. The van der Waals surface area contributed by atoms with Crippen LogP contribution < -0.4 is 0 Å². The van der Waals surface area contributed by atoms with Gasteiger partial charge < -0.3 is 5.11 Å². The van der Waals surface area contributed by atoms with Gasteiger partial charge in [-0.1, -0.05) is 11.6 Å². The van der Waals surface area contributed by atoms with E-state index in [0.717, 1.165) is 6.20 Å². The Bertz CT molecular complexity index is 556. The highest BCUT2D eigenvalue weighted by Crippen LogP contribution is 2.31. The molecule has 0 aliphatic heterocycles. The second-order valence-corrected chi connectivity index (χ2v) is 4.07. The van der Waals surface area contributed by atoms with Crippen LogP contribution in [0.25, 0.3) is 0 Å². The summed E-state index contributed by atoms with van der Waals surface area (Å²) in [7, 11) is 1.66. The highest BCUT2D eigenvalue weighted by Gasteiger charge is 2.23. The van der Waals surface area contributed by atoms with Crippen molar-refractivity contribution in [3.05, 3.63) is 46.3 Å². The van der Waals surface area contributed by atoms with E-state index >= 15 is 0 Å². The standard InChI is InChI=1S/C11H11ClFN3O/c1-6-9(11(12)16(2)15-6)10(17)7-3-4-14-5-8(7)13/h3-5,10,17H,1-2H3. The summed E-state index contributed by atoms with van der Waals surface area (Å²) in [6, 6.07) is 1.42. The largest absolute Gasteiger partial charge is 0.383 e. The van der Waals surface area contributed by atoms with E-state index in [2.05, 4.69) is 10.1 Å². The maximum absolute atomic E-state index is 13.5. The highest BCUT2D eigenvalue weighted by molar-refractivity contribution is 6.30. The van der Waals surface area contributed by atoms with Crippen molar-refractivity contribution in [2.45, 2.75) is 13.0 Å². The Morgan fingerprint density at radius 3 is 2.76 bits per heavy atom. The maximum atomic E-state index is 13.5. The monoisotopic (exact) mass is 255 g/mol. The van der Waals surface area contributed by atoms with Gasteiger partial charge in [0.2, 0.25) is 0 Å². The lowest BCUT2D eigenvalue weighted by Crippen LogP contribution is -2.04. The molecule has 0 aliphatic rings. The maximum Gasteiger partial charge on any atom is 0.147 e. The van der Waals surface area contributed by atoms with Gasteiger partial charge in [0.1, 0.15) is 17.1 Å². The summed E-state index contributed by atoms with van der Waals surface area (Å²) in [6.07, 6.45) is 1.33. The molecule has 0 spiro atoms. The van der Waals surface area contributed by atoms with Gasteiger partial charge in [-0.25, -0.2) is 4.39 Å². The molecule has 17 heavy (non-hydrogen) atoms. The average molecular weight is 256 g/mol. The summed E-state index contributed by atoms with van der Waals surface area (Å²) in [5, 5.41) is 14.5. The lowest BCUT2D eigenvalue weighted by atomic mass is 10.0. The first kappa shape index (κ1) is 12.0. The molecule has 2 aromatic rings. The van der Waals surface area contributed by atoms with Crippen LogP contribution in [0.5, 0.6) is 0 Å². The third-order valence-corrected chi connectivity index (χ3v) is 3.02. The molecule has 0 aromatic carbocycles. The zero-order chi connectivity index (χ0) is 12.6. The van der Waals surface area contributed by atoms with Crippen molar-refractivity contribution >= 4 is 11.6 Å². The molecule has 0 saturated heterocycles. The molecule has 0 fully saturated rings. The fourth-order valence-electron chi connectivity index (χ4n) is 1.72. The third-order valence-electron chi connectivity index (χ3n) is 2.57. The van der Waals surface area contributed by atoms with Crippen molar-refractivity contribution in [1.82, 2.24) is 14.8 Å². The number of hydrogen-bond donors (Lipinski definition) is 1. The quantitative estimate of drug-likeness (QED) is 0.893. The lowest BCUT2D eigenvalue weighted by molar-refractivity contribution is 0.214. The van der Waals surface area contributed by atoms with Crippen LogP contribution in [0, 0.1) is 12.7 Å². The number of halogens is 2. The van der Waals surface area contributed by atoms with E-state index in [4.69, 9.17) is 11.6 Å². The average Bonchev–Trinajstić information content (AvgIpc) is 2.53. The molecular weight excluding hydrogens is 245 g/mol. The SMILES string of the molecule is Cc1nn(C)c(Cl)c1C(O)c1ccncc1F. The van der Waals surface area contributed by atoms with E-state index in [1.54, 1.807) is 14.0 Å². The summed E-state index contributed by atoms with van der Waals surface area (Å²) in [5.41, 5.74) is 1.12. The molecule has 0 amide bonds. The number of rotatable bonds is 2. The summed E-state index contributed by atoms with van der Waals surface area (Å²) in [5.74, 6) is -0.570. The minimum atomic E-state index is -1.14. The second-order valence-electron chi connectivity index (χ2n) is 3.71. The van der Waals surface area contributed by atoms with Crippen molar-refractivity contribution in [2.75, 3.05) is 0 Å². The third kappa shape index (κ3) is 2.03. The van der Waals surface area contributed by atoms with Crippen LogP contribution in [-0.2, 0) is 7.05 Å². The van der Waals surface area contributed by atoms with E-state index in [1.807, 2.05) is 0 Å². The fourth-order valence-corrected chi connectivity index (χ4v) is 2.00. The van der Waals surface area contributed by atoms with Gasteiger partial charge in [0.05, 0.1) is 11.9 Å². The molecule has 6 heteroatoms. The number of aliphatic hydroxyl groups is 1. The van der Waals surface area contributed by atoms with E-state index in [1.165, 1.54) is 16.9 Å². The van der Waals surface area contributed by atoms with Gasteiger partial charge >= 0.3 is 0 Å². The lowest BCUT2D eigenvalue weighted by Gasteiger charge is -2.11. The molecular formula is C11H11ClFN3O. The van der Waals surface area contributed by atoms with Crippen molar-refractivity contribution in [3.63, 3.8) is 0 Å². The van der Waals surface area contributed by atoms with Crippen LogP contribution in [0.1, 0.15) is 22.9 Å². The Morgan fingerprint density at radius 2 is 2.24 bits per heavy atom. The van der Waals surface area contributed by atoms with Crippen molar-refractivity contribution in [3.8, 4) is 0 Å². The minimum Gasteiger partial charge on any atom is -0.383 e. The van der Waals surface area contributed by atoms with Crippen LogP contribution in [0.15, 0.2) is 18.5 Å². The minimum absolute atomic E-state index is 0.137. The molecule has 0 bridgehead atoms. The Balaban J connectivity index is 2.51. The molecule has 0 radical (unpaired) electrons. The predicted octanol–water partition coefficient (Wildman–Crippen LogP) is 2.00. The molecule has 1 unspecified atom stereocenters. The number of aliphatic hydroxyl groups excluding tert-OH is 1. The van der Waals surface area contributed by atoms with Crippen LogP contribution >= 0.6 is 11.6 Å². The molecule has 2 rings (SSSR count).